The highest BCUT2D eigenvalue weighted by Gasteiger charge is 2.17. The fourth-order valence-corrected chi connectivity index (χ4v) is 2.93. The molecule has 1 heterocycles. The molecule has 0 fully saturated rings. The molecule has 0 saturated heterocycles. The average Bonchev–Trinajstić information content (AvgIpc) is 2.54. The minimum Gasteiger partial charge on any atom is -0.497 e. The molecule has 1 aliphatic rings. The predicted molar refractivity (Wildman–Crippen MR) is 86.5 cm³/mol. The first-order chi connectivity index (χ1) is 10.3. The van der Waals surface area contributed by atoms with Gasteiger partial charge in [-0.05, 0) is 47.7 Å². The van der Waals surface area contributed by atoms with E-state index in [0.717, 1.165) is 43.9 Å². The van der Waals surface area contributed by atoms with Crippen LogP contribution in [0.15, 0.2) is 42.5 Å². The monoisotopic (exact) mass is 282 g/mol. The van der Waals surface area contributed by atoms with Crippen LogP contribution in [0, 0.1) is 0 Å². The van der Waals surface area contributed by atoms with E-state index < -0.39 is 0 Å². The van der Waals surface area contributed by atoms with E-state index in [1.807, 2.05) is 18.2 Å². The molecule has 0 amide bonds. The maximum absolute atomic E-state index is 6.10. The molecule has 0 atom stereocenters. The molecule has 0 saturated carbocycles. The quantitative estimate of drug-likeness (QED) is 0.876. The number of benzene rings is 2. The first-order valence-corrected chi connectivity index (χ1v) is 7.48. The highest BCUT2D eigenvalue weighted by atomic mass is 16.5. The second-order valence-electron chi connectivity index (χ2n) is 5.61. The normalized spacial score (nSPS) is 14.7. The van der Waals surface area contributed by atoms with Crippen molar-refractivity contribution in [2.45, 2.75) is 19.4 Å². The fraction of sp³-hybridized carbons (Fsp3) is 0.333. The van der Waals surface area contributed by atoms with Crippen molar-refractivity contribution in [2.75, 3.05) is 25.9 Å². The third kappa shape index (κ3) is 3.19. The average molecular weight is 282 g/mol. The van der Waals surface area contributed by atoms with Crippen LogP contribution >= 0.6 is 0 Å². The van der Waals surface area contributed by atoms with E-state index in [1.165, 1.54) is 16.7 Å². The zero-order valence-corrected chi connectivity index (χ0v) is 12.5. The lowest BCUT2D eigenvalue weighted by Gasteiger charge is -2.29. The maximum atomic E-state index is 6.10. The van der Waals surface area contributed by atoms with Gasteiger partial charge >= 0.3 is 0 Å². The summed E-state index contributed by atoms with van der Waals surface area (Å²) < 4.78 is 5.19. The zero-order valence-electron chi connectivity index (χ0n) is 12.5. The van der Waals surface area contributed by atoms with Gasteiger partial charge in [-0.2, -0.15) is 0 Å². The number of nitrogen functional groups attached to an aromatic ring is 1. The first-order valence-electron chi connectivity index (χ1n) is 7.48. The van der Waals surface area contributed by atoms with Crippen molar-refractivity contribution in [1.82, 2.24) is 4.90 Å². The Kier molecular flexibility index (Phi) is 4.11. The standard InChI is InChI=1S/C18H22N2O/c1-21-16-7-5-14(6-8-16)9-11-20-12-10-15-3-2-4-18(19)17(15)13-20/h2-8H,9-13,19H2,1H3. The second kappa shape index (κ2) is 6.19. The van der Waals surface area contributed by atoms with Crippen LogP contribution in [0.25, 0.3) is 0 Å². The third-order valence-corrected chi connectivity index (χ3v) is 4.26. The summed E-state index contributed by atoms with van der Waals surface area (Å²) in [6, 6.07) is 14.6. The van der Waals surface area contributed by atoms with Gasteiger partial charge in [-0.25, -0.2) is 0 Å². The van der Waals surface area contributed by atoms with Crippen LogP contribution in [0.5, 0.6) is 5.75 Å². The van der Waals surface area contributed by atoms with E-state index in [4.69, 9.17) is 10.5 Å². The number of fused-ring (bicyclic) bond motifs is 1. The number of methoxy groups -OCH3 is 1. The Morgan fingerprint density at radius 1 is 1.14 bits per heavy atom. The zero-order chi connectivity index (χ0) is 14.7. The Hall–Kier alpha value is -2.00. The predicted octanol–water partition coefficient (Wildman–Crippen LogP) is 2.88. The van der Waals surface area contributed by atoms with E-state index in [2.05, 4.69) is 29.2 Å². The molecule has 0 aliphatic carbocycles. The summed E-state index contributed by atoms with van der Waals surface area (Å²) >= 11 is 0. The summed E-state index contributed by atoms with van der Waals surface area (Å²) in [6.45, 7) is 3.16. The first kappa shape index (κ1) is 14.0. The molecule has 0 aromatic heterocycles. The molecule has 110 valence electrons. The van der Waals surface area contributed by atoms with Crippen LogP contribution in [0.2, 0.25) is 0 Å². The van der Waals surface area contributed by atoms with Gasteiger partial charge in [0.25, 0.3) is 0 Å². The smallest absolute Gasteiger partial charge is 0.118 e. The SMILES string of the molecule is COc1ccc(CCN2CCc3cccc(N)c3C2)cc1. The van der Waals surface area contributed by atoms with Crippen molar-refractivity contribution >= 4 is 5.69 Å². The van der Waals surface area contributed by atoms with Crippen LogP contribution in [-0.2, 0) is 19.4 Å². The van der Waals surface area contributed by atoms with Crippen LogP contribution in [0.4, 0.5) is 5.69 Å². The van der Waals surface area contributed by atoms with Gasteiger partial charge < -0.3 is 10.5 Å². The van der Waals surface area contributed by atoms with Crippen LogP contribution in [0.3, 0.4) is 0 Å². The molecule has 21 heavy (non-hydrogen) atoms. The molecular weight excluding hydrogens is 260 g/mol. The lowest BCUT2D eigenvalue weighted by Crippen LogP contribution is -2.32. The summed E-state index contributed by atoms with van der Waals surface area (Å²) in [5.41, 5.74) is 11.1. The molecule has 0 spiro atoms. The molecule has 3 nitrogen and oxygen atoms in total. The Morgan fingerprint density at radius 3 is 2.71 bits per heavy atom. The van der Waals surface area contributed by atoms with Crippen molar-refractivity contribution in [3.8, 4) is 5.75 Å². The topological polar surface area (TPSA) is 38.5 Å². The Morgan fingerprint density at radius 2 is 1.95 bits per heavy atom. The number of ether oxygens (including phenoxy) is 1. The lowest BCUT2D eigenvalue weighted by molar-refractivity contribution is 0.258. The lowest BCUT2D eigenvalue weighted by atomic mass is 9.98. The van der Waals surface area contributed by atoms with Crippen molar-refractivity contribution in [1.29, 1.82) is 0 Å². The molecule has 0 unspecified atom stereocenters. The molecule has 1 aliphatic heterocycles. The summed E-state index contributed by atoms with van der Waals surface area (Å²) in [4.78, 5) is 2.49. The van der Waals surface area contributed by atoms with E-state index >= 15 is 0 Å². The molecule has 2 aromatic rings. The minimum absolute atomic E-state index is 0.915. The number of anilines is 1. The van der Waals surface area contributed by atoms with Gasteiger partial charge in [0.05, 0.1) is 7.11 Å². The summed E-state index contributed by atoms with van der Waals surface area (Å²) in [5, 5.41) is 0. The van der Waals surface area contributed by atoms with Crippen LogP contribution in [0.1, 0.15) is 16.7 Å². The van der Waals surface area contributed by atoms with Crippen molar-refractivity contribution < 1.29 is 4.74 Å². The number of hydrogen-bond donors (Lipinski definition) is 1. The largest absolute Gasteiger partial charge is 0.497 e. The molecule has 0 bridgehead atoms. The van der Waals surface area contributed by atoms with Gasteiger partial charge in [-0.3, -0.25) is 4.90 Å². The Labute approximate surface area is 126 Å². The number of rotatable bonds is 4. The second-order valence-corrected chi connectivity index (χ2v) is 5.61. The molecular formula is C18H22N2O. The van der Waals surface area contributed by atoms with Crippen molar-refractivity contribution in [2.24, 2.45) is 0 Å². The maximum Gasteiger partial charge on any atom is 0.118 e. The van der Waals surface area contributed by atoms with Gasteiger partial charge in [0.15, 0.2) is 0 Å². The number of nitrogens with zero attached hydrogens (tertiary/aromatic N) is 1. The highest BCUT2D eigenvalue weighted by Crippen LogP contribution is 2.24. The molecule has 2 aromatic carbocycles. The van der Waals surface area contributed by atoms with Gasteiger partial charge in [-0.15, -0.1) is 0 Å². The molecule has 3 heteroatoms. The van der Waals surface area contributed by atoms with Gasteiger partial charge in [-0.1, -0.05) is 24.3 Å². The number of hydrogen-bond acceptors (Lipinski definition) is 3. The number of nitrogens with two attached hydrogens (primary N) is 1. The molecule has 2 N–H and O–H groups in total. The van der Waals surface area contributed by atoms with Gasteiger partial charge in [0.1, 0.15) is 5.75 Å². The highest BCUT2D eigenvalue weighted by molar-refractivity contribution is 5.51. The Balaban J connectivity index is 1.60. The van der Waals surface area contributed by atoms with Crippen LogP contribution in [-0.4, -0.2) is 25.1 Å². The third-order valence-electron chi connectivity index (χ3n) is 4.26. The van der Waals surface area contributed by atoms with Crippen molar-refractivity contribution in [3.63, 3.8) is 0 Å². The summed E-state index contributed by atoms with van der Waals surface area (Å²) in [6.07, 6.45) is 2.16. The van der Waals surface area contributed by atoms with Gasteiger partial charge in [0, 0.05) is 25.3 Å². The van der Waals surface area contributed by atoms with Gasteiger partial charge in [0.2, 0.25) is 0 Å². The summed E-state index contributed by atoms with van der Waals surface area (Å²) in [5.74, 6) is 0.915. The Bertz CT molecular complexity index is 607. The van der Waals surface area contributed by atoms with E-state index in [1.54, 1.807) is 7.11 Å². The van der Waals surface area contributed by atoms with Crippen molar-refractivity contribution in [3.05, 3.63) is 59.2 Å². The van der Waals surface area contributed by atoms with E-state index in [0.29, 0.717) is 0 Å². The van der Waals surface area contributed by atoms with Crippen LogP contribution < -0.4 is 10.5 Å². The molecule has 0 radical (unpaired) electrons. The summed E-state index contributed by atoms with van der Waals surface area (Å²) in [7, 11) is 1.70. The fourth-order valence-electron chi connectivity index (χ4n) is 2.93. The van der Waals surface area contributed by atoms with E-state index in [9.17, 15) is 0 Å². The molecule has 3 rings (SSSR count). The van der Waals surface area contributed by atoms with E-state index in [-0.39, 0.29) is 0 Å². The minimum atomic E-state index is 0.915.